The van der Waals surface area contributed by atoms with E-state index in [4.69, 9.17) is 17.3 Å². The van der Waals surface area contributed by atoms with Crippen LogP contribution in [0.25, 0.3) is 0 Å². The zero-order valence-corrected chi connectivity index (χ0v) is 10.9. The first kappa shape index (κ1) is 14.0. The van der Waals surface area contributed by atoms with E-state index in [9.17, 15) is 4.79 Å². The van der Waals surface area contributed by atoms with Crippen LogP contribution in [0.15, 0.2) is 24.3 Å². The van der Waals surface area contributed by atoms with Gasteiger partial charge in [-0.3, -0.25) is 4.79 Å². The van der Waals surface area contributed by atoms with Crippen molar-refractivity contribution in [2.24, 2.45) is 5.73 Å². The highest BCUT2D eigenvalue weighted by atomic mass is 35.5. The summed E-state index contributed by atoms with van der Waals surface area (Å²) >= 11 is 5.91. The normalized spacial score (nSPS) is 10.3. The summed E-state index contributed by atoms with van der Waals surface area (Å²) < 4.78 is 0. The maximum Gasteiger partial charge on any atom is 0.222 e. The molecule has 1 amide bonds. The molecule has 1 aromatic carbocycles. The first-order valence-electron chi connectivity index (χ1n) is 5.89. The summed E-state index contributed by atoms with van der Waals surface area (Å²) in [5.74, 6) is 0.151. The molecule has 0 aliphatic carbocycles. The Hall–Kier alpha value is -1.06. The van der Waals surface area contributed by atoms with E-state index in [-0.39, 0.29) is 5.91 Å². The molecule has 1 rings (SSSR count). The number of hydrogen-bond donors (Lipinski definition) is 1. The van der Waals surface area contributed by atoms with E-state index < -0.39 is 0 Å². The first-order valence-corrected chi connectivity index (χ1v) is 6.27. The second-order valence-electron chi connectivity index (χ2n) is 3.93. The van der Waals surface area contributed by atoms with E-state index >= 15 is 0 Å². The van der Waals surface area contributed by atoms with Crippen LogP contribution in [0.5, 0.6) is 0 Å². The van der Waals surface area contributed by atoms with Gasteiger partial charge in [0, 0.05) is 24.5 Å². The minimum atomic E-state index is 0.151. The predicted octanol–water partition coefficient (Wildman–Crippen LogP) is 2.43. The molecule has 0 fully saturated rings. The fourth-order valence-electron chi connectivity index (χ4n) is 1.64. The van der Waals surface area contributed by atoms with Crippen LogP contribution in [-0.2, 0) is 11.3 Å². The van der Waals surface area contributed by atoms with Crippen LogP contribution < -0.4 is 5.73 Å². The van der Waals surface area contributed by atoms with Crippen molar-refractivity contribution in [3.8, 4) is 0 Å². The SMILES string of the molecule is CCN(Cc1cccc(Cl)c1)C(=O)CCCN. The summed E-state index contributed by atoms with van der Waals surface area (Å²) in [5, 5.41) is 0.702. The second kappa shape index (κ2) is 7.30. The van der Waals surface area contributed by atoms with Gasteiger partial charge in [-0.05, 0) is 37.6 Å². The number of halogens is 1. The standard InChI is InChI=1S/C13H19ClN2O/c1-2-16(13(17)7-4-8-15)10-11-5-3-6-12(14)9-11/h3,5-6,9H,2,4,7-8,10,15H2,1H3. The molecular weight excluding hydrogens is 236 g/mol. The van der Waals surface area contributed by atoms with Gasteiger partial charge in [0.2, 0.25) is 5.91 Å². The number of nitrogens with zero attached hydrogens (tertiary/aromatic N) is 1. The molecule has 2 N–H and O–H groups in total. The highest BCUT2D eigenvalue weighted by Gasteiger charge is 2.11. The molecule has 17 heavy (non-hydrogen) atoms. The molecule has 0 aliphatic rings. The van der Waals surface area contributed by atoms with E-state index in [0.717, 1.165) is 12.0 Å². The van der Waals surface area contributed by atoms with Crippen LogP contribution in [-0.4, -0.2) is 23.9 Å². The molecule has 0 heterocycles. The zero-order valence-electron chi connectivity index (χ0n) is 10.2. The molecule has 94 valence electrons. The number of hydrogen-bond acceptors (Lipinski definition) is 2. The Labute approximate surface area is 108 Å². The molecule has 0 saturated heterocycles. The first-order chi connectivity index (χ1) is 8.17. The van der Waals surface area contributed by atoms with Gasteiger partial charge in [0.15, 0.2) is 0 Å². The van der Waals surface area contributed by atoms with Crippen LogP contribution in [0.3, 0.4) is 0 Å². The van der Waals surface area contributed by atoms with Crippen molar-refractivity contribution in [1.29, 1.82) is 0 Å². The molecule has 0 unspecified atom stereocenters. The van der Waals surface area contributed by atoms with Crippen LogP contribution in [0.1, 0.15) is 25.3 Å². The smallest absolute Gasteiger partial charge is 0.222 e. The van der Waals surface area contributed by atoms with Gasteiger partial charge in [-0.2, -0.15) is 0 Å². The van der Waals surface area contributed by atoms with Crippen molar-refractivity contribution < 1.29 is 4.79 Å². The Balaban J connectivity index is 2.60. The molecule has 0 bridgehead atoms. The summed E-state index contributed by atoms with van der Waals surface area (Å²) in [7, 11) is 0. The van der Waals surface area contributed by atoms with E-state index in [1.165, 1.54) is 0 Å². The minimum Gasteiger partial charge on any atom is -0.339 e. The maximum absolute atomic E-state index is 11.9. The van der Waals surface area contributed by atoms with Gasteiger partial charge in [0.05, 0.1) is 0 Å². The summed E-state index contributed by atoms with van der Waals surface area (Å²) in [6.07, 6.45) is 1.26. The lowest BCUT2D eigenvalue weighted by atomic mass is 10.2. The average Bonchev–Trinajstić information content (AvgIpc) is 2.33. The predicted molar refractivity (Wildman–Crippen MR) is 70.8 cm³/mol. The van der Waals surface area contributed by atoms with Gasteiger partial charge in [-0.25, -0.2) is 0 Å². The lowest BCUT2D eigenvalue weighted by Crippen LogP contribution is -2.30. The molecular formula is C13H19ClN2O. The van der Waals surface area contributed by atoms with Crippen molar-refractivity contribution in [2.45, 2.75) is 26.3 Å². The van der Waals surface area contributed by atoms with Crippen LogP contribution in [0.2, 0.25) is 5.02 Å². The van der Waals surface area contributed by atoms with Gasteiger partial charge in [-0.15, -0.1) is 0 Å². The molecule has 3 nitrogen and oxygen atoms in total. The summed E-state index contributed by atoms with van der Waals surface area (Å²) in [6.45, 7) is 3.85. The third-order valence-electron chi connectivity index (χ3n) is 2.59. The van der Waals surface area contributed by atoms with Gasteiger partial charge in [0.1, 0.15) is 0 Å². The average molecular weight is 255 g/mol. The highest BCUT2D eigenvalue weighted by Crippen LogP contribution is 2.13. The molecule has 0 atom stereocenters. The van der Waals surface area contributed by atoms with Crippen LogP contribution >= 0.6 is 11.6 Å². The molecule has 4 heteroatoms. The van der Waals surface area contributed by atoms with Gasteiger partial charge < -0.3 is 10.6 Å². The second-order valence-corrected chi connectivity index (χ2v) is 4.37. The Morgan fingerprint density at radius 3 is 2.82 bits per heavy atom. The lowest BCUT2D eigenvalue weighted by Gasteiger charge is -2.21. The molecule has 0 spiro atoms. The number of rotatable bonds is 6. The number of carbonyl (C=O) groups excluding carboxylic acids is 1. The monoisotopic (exact) mass is 254 g/mol. The lowest BCUT2D eigenvalue weighted by molar-refractivity contribution is -0.131. The van der Waals surface area contributed by atoms with Crippen molar-refractivity contribution >= 4 is 17.5 Å². The van der Waals surface area contributed by atoms with Crippen LogP contribution in [0, 0.1) is 0 Å². The third-order valence-corrected chi connectivity index (χ3v) is 2.83. The van der Waals surface area contributed by atoms with Gasteiger partial charge in [-0.1, -0.05) is 23.7 Å². The van der Waals surface area contributed by atoms with Gasteiger partial charge >= 0.3 is 0 Å². The van der Waals surface area contributed by atoms with E-state index in [1.54, 1.807) is 0 Å². The van der Waals surface area contributed by atoms with Crippen molar-refractivity contribution in [3.63, 3.8) is 0 Å². The fraction of sp³-hybridized carbons (Fsp3) is 0.462. The third kappa shape index (κ3) is 4.75. The largest absolute Gasteiger partial charge is 0.339 e. The molecule has 0 aliphatic heterocycles. The number of nitrogens with two attached hydrogens (primary N) is 1. The van der Waals surface area contributed by atoms with E-state index in [2.05, 4.69) is 0 Å². The maximum atomic E-state index is 11.9. The Morgan fingerprint density at radius 1 is 1.47 bits per heavy atom. The minimum absolute atomic E-state index is 0.151. The number of amides is 1. The Morgan fingerprint density at radius 2 is 2.24 bits per heavy atom. The Bertz CT molecular complexity index is 368. The van der Waals surface area contributed by atoms with Crippen LogP contribution in [0.4, 0.5) is 0 Å². The quantitative estimate of drug-likeness (QED) is 0.848. The number of carbonyl (C=O) groups is 1. The summed E-state index contributed by atoms with van der Waals surface area (Å²) in [5.41, 5.74) is 6.46. The fourth-order valence-corrected chi connectivity index (χ4v) is 1.86. The van der Waals surface area contributed by atoms with Crippen molar-refractivity contribution in [3.05, 3.63) is 34.9 Å². The molecule has 0 aromatic heterocycles. The Kier molecular flexibility index (Phi) is 6.01. The topological polar surface area (TPSA) is 46.3 Å². The summed E-state index contributed by atoms with van der Waals surface area (Å²) in [4.78, 5) is 13.7. The zero-order chi connectivity index (χ0) is 12.7. The highest BCUT2D eigenvalue weighted by molar-refractivity contribution is 6.30. The molecule has 1 aromatic rings. The number of benzene rings is 1. The molecule has 0 radical (unpaired) electrons. The van der Waals surface area contributed by atoms with Crippen molar-refractivity contribution in [1.82, 2.24) is 4.90 Å². The van der Waals surface area contributed by atoms with Crippen molar-refractivity contribution in [2.75, 3.05) is 13.1 Å². The van der Waals surface area contributed by atoms with E-state index in [1.807, 2.05) is 36.1 Å². The summed E-state index contributed by atoms with van der Waals surface area (Å²) in [6, 6.07) is 7.60. The van der Waals surface area contributed by atoms with E-state index in [0.29, 0.717) is 31.1 Å². The molecule has 0 saturated carbocycles. The van der Waals surface area contributed by atoms with Gasteiger partial charge in [0.25, 0.3) is 0 Å².